The molecule has 1 aromatic rings. The normalized spacial score (nSPS) is 36.4. The molecule has 6 rings (SSSR count). The number of benzene rings is 1. The summed E-state index contributed by atoms with van der Waals surface area (Å²) < 4.78 is 0. The van der Waals surface area contributed by atoms with Crippen molar-refractivity contribution in [1.82, 2.24) is 15.1 Å². The number of amides is 2. The largest absolute Gasteiger partial charge is 0.399 e. The fraction of sp³-hybridized carbons (Fsp3) is 0.556. The molecule has 4 N–H and O–H groups in total. The molecule has 1 aromatic carbocycles. The molecule has 1 saturated carbocycles. The molecule has 4 fully saturated rings. The summed E-state index contributed by atoms with van der Waals surface area (Å²) in [5.74, 6) is 0.689. The van der Waals surface area contributed by atoms with E-state index >= 15 is 0 Å². The number of hydrogen-bond donors (Lipinski definition) is 3. The molecule has 4 bridgehead atoms. The first kappa shape index (κ1) is 15.3. The topological polar surface area (TPSA) is 98.9 Å². The number of aliphatic hydroxyl groups excluding tert-OH is 1. The van der Waals surface area contributed by atoms with Crippen molar-refractivity contribution < 1.29 is 14.7 Å². The fourth-order valence-corrected chi connectivity index (χ4v) is 5.48. The summed E-state index contributed by atoms with van der Waals surface area (Å²) >= 11 is 0. The number of carbonyl (C=O) groups excluding carboxylic acids is 2. The van der Waals surface area contributed by atoms with E-state index in [0.29, 0.717) is 16.8 Å². The molecule has 0 aromatic heterocycles. The van der Waals surface area contributed by atoms with E-state index in [1.165, 1.54) is 19.2 Å². The number of piperidine rings is 2. The highest BCUT2D eigenvalue weighted by Gasteiger charge is 2.55. The van der Waals surface area contributed by atoms with Gasteiger partial charge in [-0.1, -0.05) is 0 Å². The van der Waals surface area contributed by atoms with Crippen LogP contribution in [0.2, 0.25) is 0 Å². The summed E-state index contributed by atoms with van der Waals surface area (Å²) in [6.07, 6.45) is 1.23. The molecule has 1 aliphatic carbocycles. The quantitative estimate of drug-likeness (QED) is 0.400. The van der Waals surface area contributed by atoms with Gasteiger partial charge in [-0.2, -0.15) is 0 Å². The van der Waals surface area contributed by atoms with Crippen LogP contribution in [0.4, 0.5) is 5.69 Å². The number of carbonyl (C=O) groups is 2. The van der Waals surface area contributed by atoms with Crippen molar-refractivity contribution in [2.45, 2.75) is 24.6 Å². The van der Waals surface area contributed by atoms with Crippen LogP contribution in [0.25, 0.3) is 0 Å². The van der Waals surface area contributed by atoms with Gasteiger partial charge in [-0.15, -0.1) is 0 Å². The molecular formula is C18H22N4O3. The fourth-order valence-electron chi connectivity index (χ4n) is 5.48. The Labute approximate surface area is 145 Å². The third kappa shape index (κ3) is 2.23. The summed E-state index contributed by atoms with van der Waals surface area (Å²) in [5.41, 5.74) is 6.77. The third-order valence-corrected chi connectivity index (χ3v) is 6.31. The average Bonchev–Trinajstić information content (AvgIpc) is 3.05. The van der Waals surface area contributed by atoms with Crippen molar-refractivity contribution in [2.24, 2.45) is 11.8 Å². The van der Waals surface area contributed by atoms with Crippen molar-refractivity contribution in [1.29, 1.82) is 0 Å². The van der Waals surface area contributed by atoms with Gasteiger partial charge in [0.25, 0.3) is 11.8 Å². The number of nitrogens with zero attached hydrogens (tertiary/aromatic N) is 2. The lowest BCUT2D eigenvalue weighted by molar-refractivity contribution is 0.0245. The lowest BCUT2D eigenvalue weighted by Crippen LogP contribution is -2.61. The van der Waals surface area contributed by atoms with E-state index in [1.54, 1.807) is 12.1 Å². The van der Waals surface area contributed by atoms with Crippen LogP contribution in [0, 0.1) is 11.8 Å². The number of nitrogens with two attached hydrogens (primary N) is 1. The first-order chi connectivity index (χ1) is 11.9. The van der Waals surface area contributed by atoms with Crippen LogP contribution >= 0.6 is 0 Å². The molecule has 3 saturated heterocycles. The second-order valence-corrected chi connectivity index (χ2v) is 8.09. The van der Waals surface area contributed by atoms with E-state index in [0.717, 1.165) is 36.1 Å². The van der Waals surface area contributed by atoms with Gasteiger partial charge in [0.2, 0.25) is 0 Å². The predicted octanol–water partition coefficient (Wildman–Crippen LogP) is -0.133. The summed E-state index contributed by atoms with van der Waals surface area (Å²) in [6.45, 7) is 3.24. The van der Waals surface area contributed by atoms with Gasteiger partial charge >= 0.3 is 0 Å². The number of anilines is 1. The highest BCUT2D eigenvalue weighted by molar-refractivity contribution is 6.21. The number of aliphatic hydroxyl groups is 1. The zero-order chi connectivity index (χ0) is 17.3. The molecule has 0 radical (unpaired) electrons. The van der Waals surface area contributed by atoms with Crippen molar-refractivity contribution >= 4 is 17.5 Å². The van der Waals surface area contributed by atoms with Gasteiger partial charge in [-0.05, 0) is 42.9 Å². The molecule has 3 atom stereocenters. The van der Waals surface area contributed by atoms with Crippen LogP contribution in [0.3, 0.4) is 0 Å². The molecular weight excluding hydrogens is 320 g/mol. The number of imide groups is 1. The number of β-amino-alcohol motifs (C(OH)–C–C–N with tert-alkyl or cyclic N) is 1. The minimum Gasteiger partial charge on any atom is -0.399 e. The van der Waals surface area contributed by atoms with Crippen molar-refractivity contribution in [3.05, 3.63) is 29.3 Å². The van der Waals surface area contributed by atoms with Gasteiger partial charge in [0.05, 0.1) is 17.7 Å². The zero-order valence-corrected chi connectivity index (χ0v) is 13.9. The molecule has 5 aliphatic rings. The SMILES string of the molecule is Nc1ccc2c(c1)C(=O)N(CC(O)NC13CC4CN(CC4C1)C3)C2=O. The maximum Gasteiger partial charge on any atom is 0.261 e. The molecule has 25 heavy (non-hydrogen) atoms. The lowest BCUT2D eigenvalue weighted by atomic mass is 9.90. The molecule has 7 nitrogen and oxygen atoms in total. The Morgan fingerprint density at radius 1 is 1.20 bits per heavy atom. The maximum atomic E-state index is 12.5. The van der Waals surface area contributed by atoms with Gasteiger partial charge in [-0.3, -0.25) is 19.8 Å². The minimum atomic E-state index is -0.919. The van der Waals surface area contributed by atoms with Crippen LogP contribution in [-0.4, -0.2) is 64.7 Å². The van der Waals surface area contributed by atoms with Gasteiger partial charge in [0.15, 0.2) is 0 Å². The highest BCUT2D eigenvalue weighted by Crippen LogP contribution is 2.49. The van der Waals surface area contributed by atoms with Crippen LogP contribution in [-0.2, 0) is 0 Å². The van der Waals surface area contributed by atoms with Crippen LogP contribution in [0.15, 0.2) is 18.2 Å². The summed E-state index contributed by atoms with van der Waals surface area (Å²) in [4.78, 5) is 28.6. The van der Waals surface area contributed by atoms with Gasteiger partial charge in [0.1, 0.15) is 6.23 Å². The first-order valence-corrected chi connectivity index (χ1v) is 8.88. The number of nitrogen functional groups attached to an aromatic ring is 1. The van der Waals surface area contributed by atoms with E-state index in [1.807, 2.05) is 0 Å². The number of hydrogen-bond acceptors (Lipinski definition) is 6. The van der Waals surface area contributed by atoms with Gasteiger partial charge < -0.3 is 15.7 Å². The summed E-state index contributed by atoms with van der Waals surface area (Å²) in [7, 11) is 0. The Morgan fingerprint density at radius 3 is 2.56 bits per heavy atom. The molecule has 0 spiro atoms. The summed E-state index contributed by atoms with van der Waals surface area (Å²) in [5, 5.41) is 13.9. The minimum absolute atomic E-state index is 0.0384. The molecule has 7 heteroatoms. The molecule has 3 unspecified atom stereocenters. The molecule has 4 heterocycles. The second-order valence-electron chi connectivity index (χ2n) is 8.09. The third-order valence-electron chi connectivity index (χ3n) is 6.31. The van der Waals surface area contributed by atoms with Crippen LogP contribution in [0.5, 0.6) is 0 Å². The zero-order valence-electron chi connectivity index (χ0n) is 13.9. The van der Waals surface area contributed by atoms with Crippen molar-refractivity contribution in [2.75, 3.05) is 31.9 Å². The summed E-state index contributed by atoms with van der Waals surface area (Å²) in [6, 6.07) is 4.72. The van der Waals surface area contributed by atoms with Crippen LogP contribution < -0.4 is 11.1 Å². The van der Waals surface area contributed by atoms with Gasteiger partial charge in [0, 0.05) is 30.9 Å². The van der Waals surface area contributed by atoms with Crippen molar-refractivity contribution in [3.63, 3.8) is 0 Å². The molecule has 2 amide bonds. The second kappa shape index (κ2) is 5.03. The van der Waals surface area contributed by atoms with E-state index < -0.39 is 6.23 Å². The Hall–Kier alpha value is -1.96. The first-order valence-electron chi connectivity index (χ1n) is 8.88. The Kier molecular flexibility index (Phi) is 3.08. The predicted molar refractivity (Wildman–Crippen MR) is 90.7 cm³/mol. The number of nitrogens with one attached hydrogen (secondary N) is 1. The Balaban J connectivity index is 1.30. The van der Waals surface area contributed by atoms with Gasteiger partial charge in [-0.25, -0.2) is 0 Å². The Bertz CT molecular complexity index is 760. The smallest absolute Gasteiger partial charge is 0.261 e. The maximum absolute atomic E-state index is 12.5. The molecule has 4 aliphatic heterocycles. The number of rotatable bonds is 4. The monoisotopic (exact) mass is 342 g/mol. The highest BCUT2D eigenvalue weighted by atomic mass is 16.3. The van der Waals surface area contributed by atoms with E-state index in [9.17, 15) is 14.7 Å². The van der Waals surface area contributed by atoms with Crippen molar-refractivity contribution in [3.8, 4) is 0 Å². The van der Waals surface area contributed by atoms with E-state index in [-0.39, 0.29) is 23.9 Å². The number of fused-ring (bicyclic) bond motifs is 1. The average molecular weight is 342 g/mol. The van der Waals surface area contributed by atoms with Crippen LogP contribution in [0.1, 0.15) is 33.6 Å². The van der Waals surface area contributed by atoms with E-state index in [4.69, 9.17) is 5.73 Å². The Morgan fingerprint density at radius 2 is 1.88 bits per heavy atom. The molecule has 132 valence electrons. The lowest BCUT2D eigenvalue weighted by Gasteiger charge is -2.42. The van der Waals surface area contributed by atoms with E-state index in [2.05, 4.69) is 10.2 Å². The standard InChI is InChI=1S/C18H22N4O3/c19-12-1-2-13-14(3-12)17(25)22(16(13)24)8-15(23)20-18-4-10-6-21(9-18)7-11(10)5-18/h1-3,10-11,15,20,23H,4-9,19H2.